The second-order valence-electron chi connectivity index (χ2n) is 8.41. The molecular formula is C27H37N3O5. The Hall–Kier alpha value is -3.23. The van der Waals surface area contributed by atoms with Crippen LogP contribution in [0.2, 0.25) is 0 Å². The molecule has 8 heteroatoms. The first-order valence-corrected chi connectivity index (χ1v) is 12.3. The molecule has 0 saturated heterocycles. The molecule has 8 nitrogen and oxygen atoms in total. The Morgan fingerprint density at radius 1 is 0.886 bits per heavy atom. The number of aryl methyl sites for hydroxylation is 1. The molecule has 2 rings (SSSR count). The molecule has 190 valence electrons. The summed E-state index contributed by atoms with van der Waals surface area (Å²) in [6.07, 6.45) is 5.16. The number of hydrogen-bond donors (Lipinski definition) is 4. The minimum atomic E-state index is -0.420. The van der Waals surface area contributed by atoms with Crippen LogP contribution in [0.5, 0.6) is 0 Å². The highest BCUT2D eigenvalue weighted by Crippen LogP contribution is 2.14. The lowest BCUT2D eigenvalue weighted by Gasteiger charge is -2.18. The summed E-state index contributed by atoms with van der Waals surface area (Å²) in [5.41, 5.74) is 4.46. The highest BCUT2D eigenvalue weighted by molar-refractivity contribution is 5.90. The second kappa shape index (κ2) is 16.4. The zero-order valence-electron chi connectivity index (χ0n) is 20.4. The Balaban J connectivity index is 1.79. The minimum absolute atomic E-state index is 0.0597. The third-order valence-electron chi connectivity index (χ3n) is 5.58. The van der Waals surface area contributed by atoms with E-state index in [1.165, 1.54) is 5.56 Å². The summed E-state index contributed by atoms with van der Waals surface area (Å²) in [4.78, 5) is 35.7. The van der Waals surface area contributed by atoms with Gasteiger partial charge in [-0.1, -0.05) is 55.3 Å². The molecule has 0 bridgehead atoms. The largest absolute Gasteiger partial charge is 0.465 e. The van der Waals surface area contributed by atoms with Gasteiger partial charge in [0.1, 0.15) is 6.04 Å². The summed E-state index contributed by atoms with van der Waals surface area (Å²) in [5, 5.41) is 14.7. The van der Waals surface area contributed by atoms with Crippen molar-refractivity contribution in [3.8, 4) is 0 Å². The molecule has 0 heterocycles. The van der Waals surface area contributed by atoms with Crippen molar-refractivity contribution < 1.29 is 24.3 Å². The maximum Gasteiger partial charge on any atom is 0.323 e. The molecule has 0 aliphatic carbocycles. The van der Waals surface area contributed by atoms with Gasteiger partial charge in [0.2, 0.25) is 11.8 Å². The minimum Gasteiger partial charge on any atom is -0.465 e. The third kappa shape index (κ3) is 11.6. The van der Waals surface area contributed by atoms with Crippen LogP contribution in [0, 0.1) is 0 Å². The molecule has 0 radical (unpaired) electrons. The monoisotopic (exact) mass is 483 g/mol. The van der Waals surface area contributed by atoms with E-state index in [0.717, 1.165) is 31.2 Å². The number of esters is 1. The van der Waals surface area contributed by atoms with Gasteiger partial charge in [0.25, 0.3) is 0 Å². The second-order valence-corrected chi connectivity index (χ2v) is 8.41. The number of hydrogen-bond acceptors (Lipinski definition) is 6. The Kier molecular flexibility index (Phi) is 13.1. The molecule has 0 aliphatic heterocycles. The highest BCUT2D eigenvalue weighted by atomic mass is 16.5. The Labute approximate surface area is 207 Å². The van der Waals surface area contributed by atoms with Crippen molar-refractivity contribution >= 4 is 23.5 Å². The lowest BCUT2D eigenvalue weighted by Crippen LogP contribution is -2.38. The van der Waals surface area contributed by atoms with Crippen LogP contribution in [-0.4, -0.2) is 35.6 Å². The van der Waals surface area contributed by atoms with Crippen molar-refractivity contribution in [3.05, 3.63) is 65.7 Å². The van der Waals surface area contributed by atoms with Gasteiger partial charge in [0.15, 0.2) is 0 Å². The van der Waals surface area contributed by atoms with E-state index in [2.05, 4.69) is 10.6 Å². The van der Waals surface area contributed by atoms with Crippen molar-refractivity contribution in [3.63, 3.8) is 0 Å². The topological polar surface area (TPSA) is 117 Å². The van der Waals surface area contributed by atoms with Gasteiger partial charge in [-0.15, -0.1) is 0 Å². The quantitative estimate of drug-likeness (QED) is 0.123. The number of benzene rings is 2. The molecular weight excluding hydrogens is 446 g/mol. The zero-order valence-corrected chi connectivity index (χ0v) is 20.4. The number of hydroxylamine groups is 1. The van der Waals surface area contributed by atoms with Gasteiger partial charge in [0, 0.05) is 25.1 Å². The average Bonchev–Trinajstić information content (AvgIpc) is 2.87. The first kappa shape index (κ1) is 28.0. The van der Waals surface area contributed by atoms with E-state index >= 15 is 0 Å². The normalized spacial score (nSPS) is 11.5. The zero-order chi connectivity index (χ0) is 25.3. The standard InChI is InChI=1S/C27H37N3O5/c1-2-35-27(33)24(18-17-21-11-6-5-7-12-21)28-20-22-13-10-14-23(19-22)29-25(31)15-8-3-4-9-16-26(32)30-34/h5-7,10-14,19,24,28,34H,2-4,8-9,15-18,20H2,1H3,(H,29,31)(H,30,32)/t24-/m1/s1. The number of nitrogens with one attached hydrogen (secondary N) is 3. The smallest absolute Gasteiger partial charge is 0.323 e. The van der Waals surface area contributed by atoms with Crippen LogP contribution in [0.15, 0.2) is 54.6 Å². The molecule has 0 aliphatic rings. The van der Waals surface area contributed by atoms with Crippen molar-refractivity contribution in [2.75, 3.05) is 11.9 Å². The number of ether oxygens (including phenoxy) is 1. The number of carbonyl (C=O) groups excluding carboxylic acids is 3. The molecule has 2 aromatic rings. The molecule has 0 saturated carbocycles. The van der Waals surface area contributed by atoms with Gasteiger partial charge >= 0.3 is 5.97 Å². The molecule has 0 unspecified atom stereocenters. The van der Waals surface area contributed by atoms with E-state index < -0.39 is 6.04 Å². The van der Waals surface area contributed by atoms with Crippen LogP contribution in [-0.2, 0) is 32.1 Å². The summed E-state index contributed by atoms with van der Waals surface area (Å²) in [5.74, 6) is -0.706. The molecule has 2 aromatic carbocycles. The number of anilines is 1. The fourth-order valence-electron chi connectivity index (χ4n) is 3.71. The first-order valence-electron chi connectivity index (χ1n) is 12.3. The lowest BCUT2D eigenvalue weighted by molar-refractivity contribution is -0.145. The van der Waals surface area contributed by atoms with Crippen LogP contribution in [0.3, 0.4) is 0 Å². The Morgan fingerprint density at radius 3 is 2.26 bits per heavy atom. The van der Waals surface area contributed by atoms with Gasteiger partial charge < -0.3 is 15.4 Å². The van der Waals surface area contributed by atoms with Crippen molar-refractivity contribution in [2.24, 2.45) is 0 Å². The van der Waals surface area contributed by atoms with Gasteiger partial charge in [-0.05, 0) is 55.9 Å². The maximum atomic E-state index is 12.4. The molecule has 1 atom stereocenters. The number of rotatable bonds is 16. The summed E-state index contributed by atoms with van der Waals surface area (Å²) in [7, 11) is 0. The number of carbonyl (C=O) groups is 3. The molecule has 4 N–H and O–H groups in total. The average molecular weight is 484 g/mol. The molecule has 35 heavy (non-hydrogen) atoms. The predicted octanol–water partition coefficient (Wildman–Crippen LogP) is 4.13. The van der Waals surface area contributed by atoms with E-state index in [9.17, 15) is 14.4 Å². The van der Waals surface area contributed by atoms with Crippen LogP contribution in [0.4, 0.5) is 5.69 Å². The van der Waals surface area contributed by atoms with E-state index in [1.807, 2.05) is 54.6 Å². The SMILES string of the molecule is CCOC(=O)[C@@H](CCc1ccccc1)NCc1cccc(NC(=O)CCCCCCC(=O)NO)c1. The van der Waals surface area contributed by atoms with Crippen LogP contribution < -0.4 is 16.1 Å². The fourth-order valence-corrected chi connectivity index (χ4v) is 3.71. The summed E-state index contributed by atoms with van der Waals surface area (Å²) in [6, 6.07) is 17.2. The van der Waals surface area contributed by atoms with E-state index in [4.69, 9.17) is 9.94 Å². The molecule has 2 amide bonds. The highest BCUT2D eigenvalue weighted by Gasteiger charge is 2.19. The summed E-state index contributed by atoms with van der Waals surface area (Å²) >= 11 is 0. The maximum absolute atomic E-state index is 12.4. The Morgan fingerprint density at radius 2 is 1.57 bits per heavy atom. The third-order valence-corrected chi connectivity index (χ3v) is 5.58. The molecule has 0 spiro atoms. The van der Waals surface area contributed by atoms with Gasteiger partial charge in [-0.2, -0.15) is 0 Å². The van der Waals surface area contributed by atoms with Crippen LogP contribution in [0.25, 0.3) is 0 Å². The number of unbranched alkanes of at least 4 members (excludes halogenated alkanes) is 3. The Bertz CT molecular complexity index is 920. The van der Waals surface area contributed by atoms with E-state index in [-0.39, 0.29) is 24.2 Å². The number of amides is 2. The van der Waals surface area contributed by atoms with E-state index in [1.54, 1.807) is 12.4 Å². The predicted molar refractivity (Wildman–Crippen MR) is 135 cm³/mol. The van der Waals surface area contributed by atoms with Crippen molar-refractivity contribution in [1.29, 1.82) is 0 Å². The fraction of sp³-hybridized carbons (Fsp3) is 0.444. The van der Waals surface area contributed by atoms with Gasteiger partial charge in [-0.3, -0.25) is 19.6 Å². The van der Waals surface area contributed by atoms with E-state index in [0.29, 0.717) is 38.1 Å². The van der Waals surface area contributed by atoms with Crippen molar-refractivity contribution in [2.45, 2.75) is 70.9 Å². The van der Waals surface area contributed by atoms with Crippen LogP contribution >= 0.6 is 0 Å². The van der Waals surface area contributed by atoms with Gasteiger partial charge in [0.05, 0.1) is 6.61 Å². The lowest BCUT2D eigenvalue weighted by atomic mass is 10.0. The van der Waals surface area contributed by atoms with Gasteiger partial charge in [-0.25, -0.2) is 5.48 Å². The van der Waals surface area contributed by atoms with Crippen LogP contribution in [0.1, 0.15) is 63.0 Å². The first-order chi connectivity index (χ1) is 17.0. The summed E-state index contributed by atoms with van der Waals surface area (Å²) < 4.78 is 5.25. The molecule has 0 aromatic heterocycles. The molecule has 0 fully saturated rings. The van der Waals surface area contributed by atoms with Crippen molar-refractivity contribution in [1.82, 2.24) is 10.8 Å². The summed E-state index contributed by atoms with van der Waals surface area (Å²) in [6.45, 7) is 2.61.